The number of Topliss-reactive ketones (excluding diaryl/α,β-unsaturated/α-hetero) is 1. The summed E-state index contributed by atoms with van der Waals surface area (Å²) in [4.78, 5) is 10.6. The van der Waals surface area contributed by atoms with Crippen molar-refractivity contribution >= 4 is 15.9 Å². The van der Waals surface area contributed by atoms with Gasteiger partial charge < -0.3 is 0 Å². The second-order valence-electron chi connectivity index (χ2n) is 3.71. The Kier molecular flexibility index (Phi) is 5.41. The van der Waals surface area contributed by atoms with Gasteiger partial charge in [-0.05, 0) is 19.1 Å². The lowest BCUT2D eigenvalue weighted by molar-refractivity contribution is 0.101. The highest BCUT2D eigenvalue weighted by Gasteiger charge is 2.05. The van der Waals surface area contributed by atoms with E-state index in [2.05, 4.69) is 0 Å². The van der Waals surface area contributed by atoms with Gasteiger partial charge in [0.05, 0.1) is 4.90 Å². The van der Waals surface area contributed by atoms with E-state index in [-0.39, 0.29) is 10.7 Å². The monoisotopic (exact) mass is 278 g/mol. The number of ketones is 1. The van der Waals surface area contributed by atoms with Gasteiger partial charge in [-0.15, -0.1) is 0 Å². The fourth-order valence-electron chi connectivity index (χ4n) is 1.27. The van der Waals surface area contributed by atoms with Crippen LogP contribution in [0.4, 0.5) is 0 Å². The molecule has 0 unspecified atom stereocenters. The van der Waals surface area contributed by atoms with Gasteiger partial charge in [0.15, 0.2) is 5.78 Å². The van der Waals surface area contributed by atoms with Crippen molar-refractivity contribution in [3.63, 3.8) is 0 Å². The number of hydrogen-bond acceptors (Lipinski definition) is 3. The number of carbonyl (C=O) groups is 1. The Balaban J connectivity index is 0.000000191. The molecule has 2 aromatic rings. The molecule has 0 aromatic heterocycles. The average Bonchev–Trinajstić information content (AvgIpc) is 2.40. The van der Waals surface area contributed by atoms with Crippen molar-refractivity contribution in [1.29, 1.82) is 0 Å². The highest BCUT2D eigenvalue weighted by molar-refractivity contribution is 7.85. The summed E-state index contributed by atoms with van der Waals surface area (Å²) in [5, 5.41) is 0. The molecule has 0 saturated heterocycles. The van der Waals surface area contributed by atoms with Crippen LogP contribution in [0.5, 0.6) is 0 Å². The fraction of sp³-hybridized carbons (Fsp3) is 0.0714. The average molecular weight is 278 g/mol. The Bertz CT molecular complexity index is 619. The predicted molar refractivity (Wildman–Crippen MR) is 72.7 cm³/mol. The summed E-state index contributed by atoms with van der Waals surface area (Å²) < 4.78 is 29.2. The van der Waals surface area contributed by atoms with Crippen LogP contribution in [0.15, 0.2) is 65.6 Å². The molecular weight excluding hydrogens is 264 g/mol. The van der Waals surface area contributed by atoms with Crippen LogP contribution in [0.3, 0.4) is 0 Å². The number of benzene rings is 2. The van der Waals surface area contributed by atoms with E-state index in [9.17, 15) is 13.2 Å². The molecule has 2 aromatic carbocycles. The molecule has 2 rings (SSSR count). The molecular formula is C14H14O4S. The first-order valence-electron chi connectivity index (χ1n) is 5.50. The molecule has 0 fully saturated rings. The molecule has 4 nitrogen and oxygen atoms in total. The number of hydrogen-bond donors (Lipinski definition) is 1. The van der Waals surface area contributed by atoms with Crippen LogP contribution in [0.25, 0.3) is 0 Å². The summed E-state index contributed by atoms with van der Waals surface area (Å²) in [5.74, 6) is 0.121. The summed E-state index contributed by atoms with van der Waals surface area (Å²) in [5.41, 5.74) is 0.775. The van der Waals surface area contributed by atoms with E-state index >= 15 is 0 Å². The first-order valence-corrected chi connectivity index (χ1v) is 6.94. The second kappa shape index (κ2) is 6.82. The lowest BCUT2D eigenvalue weighted by Gasteiger charge is -1.92. The second-order valence-corrected chi connectivity index (χ2v) is 5.13. The molecule has 0 bridgehead atoms. The third kappa shape index (κ3) is 5.46. The minimum atomic E-state index is -4.00. The molecule has 19 heavy (non-hydrogen) atoms. The zero-order valence-electron chi connectivity index (χ0n) is 10.4. The summed E-state index contributed by atoms with van der Waals surface area (Å²) in [7, 11) is -4.00. The van der Waals surface area contributed by atoms with Crippen molar-refractivity contribution in [3.8, 4) is 0 Å². The van der Waals surface area contributed by atoms with Crippen LogP contribution in [0.1, 0.15) is 17.3 Å². The summed E-state index contributed by atoms with van der Waals surface area (Å²) in [6, 6.07) is 16.6. The fourth-order valence-corrected chi connectivity index (χ4v) is 1.77. The molecule has 0 aliphatic rings. The molecule has 0 atom stereocenters. The quantitative estimate of drug-likeness (QED) is 0.677. The molecule has 100 valence electrons. The largest absolute Gasteiger partial charge is 0.295 e. The molecule has 0 radical (unpaired) electrons. The Morgan fingerprint density at radius 1 is 0.895 bits per heavy atom. The van der Waals surface area contributed by atoms with Gasteiger partial charge >= 0.3 is 0 Å². The predicted octanol–water partition coefficient (Wildman–Crippen LogP) is 2.82. The van der Waals surface area contributed by atoms with Gasteiger partial charge in [0.25, 0.3) is 10.1 Å². The molecule has 0 aliphatic heterocycles. The van der Waals surface area contributed by atoms with Crippen molar-refractivity contribution < 1.29 is 17.8 Å². The van der Waals surface area contributed by atoms with Crippen LogP contribution in [0, 0.1) is 0 Å². The van der Waals surface area contributed by atoms with Crippen molar-refractivity contribution in [2.45, 2.75) is 11.8 Å². The van der Waals surface area contributed by atoms with E-state index < -0.39 is 10.1 Å². The minimum Gasteiger partial charge on any atom is -0.295 e. The van der Waals surface area contributed by atoms with Crippen molar-refractivity contribution in [3.05, 3.63) is 66.2 Å². The zero-order valence-corrected chi connectivity index (χ0v) is 11.2. The van der Waals surface area contributed by atoms with Gasteiger partial charge in [-0.3, -0.25) is 9.35 Å². The molecule has 0 saturated carbocycles. The van der Waals surface area contributed by atoms with Crippen LogP contribution >= 0.6 is 0 Å². The smallest absolute Gasteiger partial charge is 0.294 e. The normalized spacial score (nSPS) is 10.2. The first-order chi connectivity index (χ1) is 8.91. The van der Waals surface area contributed by atoms with Gasteiger partial charge in [0.1, 0.15) is 0 Å². The zero-order chi connectivity index (χ0) is 14.3. The molecule has 0 aliphatic carbocycles. The highest BCUT2D eigenvalue weighted by Crippen LogP contribution is 2.05. The van der Waals surface area contributed by atoms with E-state index in [1.54, 1.807) is 25.1 Å². The Morgan fingerprint density at radius 3 is 1.58 bits per heavy atom. The summed E-state index contributed by atoms with van der Waals surface area (Å²) in [6.07, 6.45) is 0. The van der Waals surface area contributed by atoms with Crippen LogP contribution in [-0.2, 0) is 10.1 Å². The van der Waals surface area contributed by atoms with Crippen LogP contribution < -0.4 is 0 Å². The third-order valence-corrected chi connectivity index (χ3v) is 3.09. The molecule has 0 spiro atoms. The van der Waals surface area contributed by atoms with Crippen LogP contribution in [-0.4, -0.2) is 18.8 Å². The van der Waals surface area contributed by atoms with Gasteiger partial charge in [-0.1, -0.05) is 48.5 Å². The standard InChI is InChI=1S/C8H8O.C6H6O3S/c1-7(9)8-5-3-2-4-6-8;7-10(8,9)6-4-2-1-3-5-6/h2-6H,1H3;1-5H,(H,7,8,9). The van der Waals surface area contributed by atoms with Crippen LogP contribution in [0.2, 0.25) is 0 Å². The van der Waals surface area contributed by atoms with E-state index in [0.717, 1.165) is 5.56 Å². The summed E-state index contributed by atoms with van der Waals surface area (Å²) in [6.45, 7) is 1.56. The molecule has 5 heteroatoms. The summed E-state index contributed by atoms with van der Waals surface area (Å²) >= 11 is 0. The highest BCUT2D eigenvalue weighted by atomic mass is 32.2. The first kappa shape index (κ1) is 15.1. The maximum atomic E-state index is 10.6. The molecule has 0 amide bonds. The lowest BCUT2D eigenvalue weighted by Crippen LogP contribution is -1.96. The Morgan fingerprint density at radius 2 is 1.32 bits per heavy atom. The molecule has 1 N–H and O–H groups in total. The number of rotatable bonds is 2. The van der Waals surface area contributed by atoms with E-state index in [1.165, 1.54) is 12.1 Å². The topological polar surface area (TPSA) is 71.4 Å². The third-order valence-electron chi connectivity index (χ3n) is 2.22. The lowest BCUT2D eigenvalue weighted by atomic mass is 10.2. The maximum absolute atomic E-state index is 10.6. The SMILES string of the molecule is CC(=O)c1ccccc1.O=S(=O)(O)c1ccccc1. The molecule has 0 heterocycles. The van der Waals surface area contributed by atoms with Gasteiger partial charge in [0.2, 0.25) is 0 Å². The van der Waals surface area contributed by atoms with Crippen molar-refractivity contribution in [1.82, 2.24) is 0 Å². The van der Waals surface area contributed by atoms with Crippen molar-refractivity contribution in [2.24, 2.45) is 0 Å². The van der Waals surface area contributed by atoms with Gasteiger partial charge in [-0.2, -0.15) is 8.42 Å². The maximum Gasteiger partial charge on any atom is 0.294 e. The van der Waals surface area contributed by atoms with Gasteiger partial charge in [0, 0.05) is 5.56 Å². The van der Waals surface area contributed by atoms with E-state index in [1.807, 2.05) is 30.3 Å². The van der Waals surface area contributed by atoms with E-state index in [0.29, 0.717) is 0 Å². The minimum absolute atomic E-state index is 0.0741. The van der Waals surface area contributed by atoms with E-state index in [4.69, 9.17) is 4.55 Å². The van der Waals surface area contributed by atoms with Gasteiger partial charge in [-0.25, -0.2) is 0 Å². The Labute approximate surface area is 112 Å². The Hall–Kier alpha value is -1.98. The van der Waals surface area contributed by atoms with Crippen molar-refractivity contribution in [2.75, 3.05) is 0 Å². The number of carbonyl (C=O) groups excluding carboxylic acids is 1.